The van der Waals surface area contributed by atoms with Gasteiger partial charge in [-0.05, 0) is 64.4 Å². The fourth-order valence-electron chi connectivity index (χ4n) is 4.73. The maximum Gasteiger partial charge on any atom is 0.417 e. The van der Waals surface area contributed by atoms with Crippen molar-refractivity contribution >= 4 is 43.1 Å². The minimum atomic E-state index is -4.77. The lowest BCUT2D eigenvalue weighted by Crippen LogP contribution is -2.10. The van der Waals surface area contributed by atoms with E-state index < -0.39 is 17.3 Å². The zero-order valence-electron chi connectivity index (χ0n) is 17.8. The summed E-state index contributed by atoms with van der Waals surface area (Å²) in [5.74, 6) is 0. The standard InChI is InChI=1S/C26H9F3N6/c1-12-4-18-15(5-13(12)8-30)17-6-16-14-2-3-22(26(27,28)29)21(9-31)23(14)25(35-11-33)20(16)7-19(17)24(18)34-10-32/h2-7H,1H3. The van der Waals surface area contributed by atoms with Crippen LogP contribution < -0.4 is 10.7 Å². The van der Waals surface area contributed by atoms with E-state index in [-0.39, 0.29) is 10.7 Å². The number of hydrogen-bond donors (Lipinski definition) is 0. The van der Waals surface area contributed by atoms with Crippen LogP contribution in [0.3, 0.4) is 0 Å². The van der Waals surface area contributed by atoms with Gasteiger partial charge in [0.2, 0.25) is 12.4 Å². The van der Waals surface area contributed by atoms with E-state index in [0.29, 0.717) is 54.2 Å². The molecule has 9 heteroatoms. The van der Waals surface area contributed by atoms with E-state index in [1.807, 2.05) is 0 Å². The summed E-state index contributed by atoms with van der Waals surface area (Å²) >= 11 is 0. The van der Waals surface area contributed by atoms with Gasteiger partial charge in [0.1, 0.15) is 6.07 Å². The van der Waals surface area contributed by atoms with Crippen molar-refractivity contribution in [3.05, 3.63) is 69.4 Å². The smallest absolute Gasteiger partial charge is 0.192 e. The quantitative estimate of drug-likeness (QED) is 0.300. The van der Waals surface area contributed by atoms with Crippen molar-refractivity contribution in [1.29, 1.82) is 21.0 Å². The summed E-state index contributed by atoms with van der Waals surface area (Å²) in [5.41, 5.74) is -0.597. The normalized spacial score (nSPS) is 12.8. The van der Waals surface area contributed by atoms with Gasteiger partial charge >= 0.3 is 6.18 Å². The molecule has 0 saturated carbocycles. The predicted octanol–water partition coefficient (Wildman–Crippen LogP) is 5.01. The molecule has 0 N–H and O–H groups in total. The van der Waals surface area contributed by atoms with Crippen molar-refractivity contribution in [1.82, 2.24) is 0 Å². The third-order valence-electron chi connectivity index (χ3n) is 6.17. The Morgan fingerprint density at radius 2 is 1.26 bits per heavy atom. The highest BCUT2D eigenvalue weighted by Crippen LogP contribution is 2.38. The molecule has 0 bridgehead atoms. The number of nitrogens with zero attached hydrogens (tertiary/aromatic N) is 6. The number of alkyl halides is 3. The molecule has 0 heterocycles. The number of benzene rings is 3. The van der Waals surface area contributed by atoms with Gasteiger partial charge in [0, 0.05) is 21.5 Å². The Morgan fingerprint density at radius 1 is 0.686 bits per heavy atom. The lowest BCUT2D eigenvalue weighted by Gasteiger charge is -2.09. The van der Waals surface area contributed by atoms with Crippen LogP contribution in [0.1, 0.15) is 22.3 Å². The van der Waals surface area contributed by atoms with Gasteiger partial charge in [0.25, 0.3) is 0 Å². The minimum Gasteiger partial charge on any atom is -0.192 e. The van der Waals surface area contributed by atoms with Gasteiger partial charge in [-0.15, -0.1) is 0 Å². The van der Waals surface area contributed by atoms with E-state index in [4.69, 9.17) is 0 Å². The summed E-state index contributed by atoms with van der Waals surface area (Å²) in [6, 6.07) is 12.6. The summed E-state index contributed by atoms with van der Waals surface area (Å²) < 4.78 is 40.8. The molecule has 5 aromatic carbocycles. The highest BCUT2D eigenvalue weighted by atomic mass is 19.4. The molecular formula is C26H9F3N6. The fraction of sp³-hybridized carbons (Fsp3) is 0.0769. The van der Waals surface area contributed by atoms with Crippen molar-refractivity contribution in [2.24, 2.45) is 9.98 Å². The minimum absolute atomic E-state index is 0.0518. The van der Waals surface area contributed by atoms with Gasteiger partial charge in [0.15, 0.2) is 0 Å². The van der Waals surface area contributed by atoms with Crippen LogP contribution >= 0.6 is 0 Å². The van der Waals surface area contributed by atoms with E-state index in [1.165, 1.54) is 6.07 Å². The number of halogens is 3. The number of hydrogen-bond acceptors (Lipinski definition) is 6. The van der Waals surface area contributed by atoms with Crippen LogP contribution in [0.5, 0.6) is 0 Å². The first-order chi connectivity index (χ1) is 16.7. The largest absolute Gasteiger partial charge is 0.417 e. The molecule has 0 aliphatic rings. The van der Waals surface area contributed by atoms with Gasteiger partial charge in [-0.1, -0.05) is 6.07 Å². The summed E-state index contributed by atoms with van der Waals surface area (Å²) in [7, 11) is 0. The van der Waals surface area contributed by atoms with E-state index in [1.54, 1.807) is 49.6 Å². The topological polar surface area (TPSA) is 120 Å². The first kappa shape index (κ1) is 21.6. The van der Waals surface area contributed by atoms with Crippen LogP contribution in [-0.4, -0.2) is 0 Å². The van der Waals surface area contributed by atoms with Crippen LogP contribution in [-0.2, 0) is 6.18 Å². The van der Waals surface area contributed by atoms with Crippen molar-refractivity contribution in [3.8, 4) is 24.5 Å². The molecule has 0 radical (unpaired) electrons. The molecule has 6 nitrogen and oxygen atoms in total. The third kappa shape index (κ3) is 2.93. The van der Waals surface area contributed by atoms with Crippen LogP contribution in [0.15, 0.2) is 46.4 Å². The van der Waals surface area contributed by atoms with Gasteiger partial charge < -0.3 is 0 Å². The Bertz CT molecular complexity index is 2050. The van der Waals surface area contributed by atoms with Crippen molar-refractivity contribution in [2.45, 2.75) is 13.1 Å². The van der Waals surface area contributed by atoms with Gasteiger partial charge in [-0.3, -0.25) is 0 Å². The van der Waals surface area contributed by atoms with Crippen LogP contribution in [0.25, 0.3) is 43.1 Å². The zero-order chi connectivity index (χ0) is 25.1. The second kappa shape index (κ2) is 7.39. The Kier molecular flexibility index (Phi) is 4.56. The lowest BCUT2D eigenvalue weighted by molar-refractivity contribution is -0.137. The number of nitriles is 4. The SMILES string of the molecule is Cc1cc2c(=NC#N)c3cc4c(=NC#N)c5c(C#N)c(C(F)(F)F)ccc5c4cc3c2cc1C#N. The number of rotatable bonds is 0. The molecular weight excluding hydrogens is 453 g/mol. The van der Waals surface area contributed by atoms with Gasteiger partial charge in [-0.2, -0.15) is 44.2 Å². The molecule has 0 spiro atoms. The molecule has 0 aliphatic heterocycles. The maximum absolute atomic E-state index is 13.6. The van der Waals surface area contributed by atoms with Crippen LogP contribution in [0.2, 0.25) is 0 Å². The molecule has 0 aromatic heterocycles. The maximum atomic E-state index is 13.6. The summed E-state index contributed by atoms with van der Waals surface area (Å²) in [6.07, 6.45) is -1.37. The average Bonchev–Trinajstić information content (AvgIpc) is 3.28. The zero-order valence-corrected chi connectivity index (χ0v) is 17.8. The summed E-state index contributed by atoms with van der Waals surface area (Å²) in [6.45, 7) is 1.77. The summed E-state index contributed by atoms with van der Waals surface area (Å²) in [4.78, 5) is 7.74. The predicted molar refractivity (Wildman–Crippen MR) is 120 cm³/mol. The number of aryl methyl sites for hydroxylation is 1. The number of fused-ring (bicyclic) bond motifs is 6. The molecule has 0 amide bonds. The highest BCUT2D eigenvalue weighted by Gasteiger charge is 2.35. The molecule has 0 aliphatic carbocycles. The van der Waals surface area contributed by atoms with Crippen LogP contribution in [0.4, 0.5) is 13.2 Å². The second-order valence-electron chi connectivity index (χ2n) is 7.91. The monoisotopic (exact) mass is 462 g/mol. The Morgan fingerprint density at radius 3 is 1.89 bits per heavy atom. The van der Waals surface area contributed by atoms with Gasteiger partial charge in [-0.25, -0.2) is 0 Å². The third-order valence-corrected chi connectivity index (χ3v) is 6.17. The molecule has 0 saturated heterocycles. The first-order valence-electron chi connectivity index (χ1n) is 10.1. The second-order valence-corrected chi connectivity index (χ2v) is 7.91. The molecule has 0 unspecified atom stereocenters. The van der Waals surface area contributed by atoms with Crippen LogP contribution in [0, 0.1) is 52.5 Å². The average molecular weight is 462 g/mol. The highest BCUT2D eigenvalue weighted by molar-refractivity contribution is 6.22. The molecule has 0 atom stereocenters. The summed E-state index contributed by atoms with van der Waals surface area (Å²) in [5, 5.41) is 41.6. The Labute approximate surface area is 194 Å². The van der Waals surface area contributed by atoms with E-state index in [0.717, 1.165) is 6.07 Å². The van der Waals surface area contributed by atoms with Crippen molar-refractivity contribution < 1.29 is 13.2 Å². The van der Waals surface area contributed by atoms with E-state index >= 15 is 0 Å². The Balaban J connectivity index is 2.11. The molecule has 5 aromatic rings. The van der Waals surface area contributed by atoms with E-state index in [2.05, 4.69) is 16.1 Å². The van der Waals surface area contributed by atoms with Crippen molar-refractivity contribution in [2.75, 3.05) is 0 Å². The molecule has 164 valence electrons. The lowest BCUT2D eigenvalue weighted by atomic mass is 10.0. The van der Waals surface area contributed by atoms with E-state index in [9.17, 15) is 34.2 Å². The molecule has 5 rings (SSSR count). The molecule has 35 heavy (non-hydrogen) atoms. The van der Waals surface area contributed by atoms with Crippen molar-refractivity contribution in [3.63, 3.8) is 0 Å². The fourth-order valence-corrected chi connectivity index (χ4v) is 4.73. The van der Waals surface area contributed by atoms with Gasteiger partial charge in [0.05, 0.1) is 33.5 Å². The first-order valence-corrected chi connectivity index (χ1v) is 10.1. The molecule has 0 fully saturated rings. The Hall–Kier alpha value is -5.25.